The van der Waals surface area contributed by atoms with E-state index in [1.807, 2.05) is 13.0 Å². The van der Waals surface area contributed by atoms with E-state index in [4.69, 9.17) is 18.7 Å². The molecule has 31 heavy (non-hydrogen) atoms. The Morgan fingerprint density at radius 2 is 1.90 bits per heavy atom. The summed E-state index contributed by atoms with van der Waals surface area (Å²) in [5.41, 5.74) is 1.16. The van der Waals surface area contributed by atoms with Crippen LogP contribution in [0.4, 0.5) is 10.1 Å². The maximum atomic E-state index is 14.1. The molecule has 0 radical (unpaired) electrons. The zero-order valence-corrected chi connectivity index (χ0v) is 17.4. The Balaban J connectivity index is 1.53. The maximum absolute atomic E-state index is 14.1. The Bertz CT molecular complexity index is 1100. The second-order valence-electron chi connectivity index (χ2n) is 6.98. The summed E-state index contributed by atoms with van der Waals surface area (Å²) in [6.07, 6.45) is 0.196. The third-order valence-corrected chi connectivity index (χ3v) is 5.08. The predicted molar refractivity (Wildman–Crippen MR) is 110 cm³/mol. The molecule has 4 rings (SSSR count). The van der Waals surface area contributed by atoms with E-state index in [9.17, 15) is 9.18 Å². The molecule has 0 saturated carbocycles. The van der Waals surface area contributed by atoms with Crippen LogP contribution >= 0.6 is 0 Å². The average Bonchev–Trinajstić information content (AvgIpc) is 3.41. The molecule has 1 saturated heterocycles. The largest absolute Gasteiger partial charge is 0.494 e. The van der Waals surface area contributed by atoms with E-state index in [-0.39, 0.29) is 24.0 Å². The molecular weight excluding hydrogens is 405 g/mol. The van der Waals surface area contributed by atoms with E-state index in [1.165, 1.54) is 24.1 Å². The minimum atomic E-state index is -0.527. The second-order valence-corrected chi connectivity index (χ2v) is 6.98. The van der Waals surface area contributed by atoms with Crippen LogP contribution < -0.4 is 19.1 Å². The molecule has 0 bridgehead atoms. The van der Waals surface area contributed by atoms with Crippen LogP contribution in [0.2, 0.25) is 0 Å². The van der Waals surface area contributed by atoms with Gasteiger partial charge in [-0.3, -0.25) is 4.79 Å². The highest BCUT2D eigenvalue weighted by Gasteiger charge is 2.35. The predicted octanol–water partition coefficient (Wildman–Crippen LogP) is 3.81. The number of rotatable bonds is 7. The van der Waals surface area contributed by atoms with Crippen LogP contribution in [0, 0.1) is 5.82 Å². The molecule has 0 N–H and O–H groups in total. The van der Waals surface area contributed by atoms with E-state index in [1.54, 1.807) is 25.3 Å². The second kappa shape index (κ2) is 8.63. The fourth-order valence-electron chi connectivity index (χ4n) is 3.55. The Labute approximate surface area is 178 Å². The Morgan fingerprint density at radius 1 is 1.13 bits per heavy atom. The number of benzene rings is 2. The molecule has 1 aromatic heterocycles. The first-order valence-corrected chi connectivity index (χ1v) is 9.82. The fraction of sp³-hybridized carbons (Fsp3) is 0.318. The van der Waals surface area contributed by atoms with Gasteiger partial charge in [0.2, 0.25) is 17.6 Å². The van der Waals surface area contributed by atoms with Gasteiger partial charge in [0.1, 0.15) is 0 Å². The lowest BCUT2D eigenvalue weighted by Crippen LogP contribution is -2.24. The van der Waals surface area contributed by atoms with Gasteiger partial charge in [-0.1, -0.05) is 5.16 Å². The number of carbonyl (C=O) groups excluding carboxylic acids is 1. The summed E-state index contributed by atoms with van der Waals surface area (Å²) < 4.78 is 35.3. The number of nitrogens with zero attached hydrogens (tertiary/aromatic N) is 3. The minimum absolute atomic E-state index is 0.124. The molecule has 2 heterocycles. The monoisotopic (exact) mass is 427 g/mol. The molecule has 1 fully saturated rings. The van der Waals surface area contributed by atoms with Gasteiger partial charge in [0.05, 0.1) is 26.7 Å². The minimum Gasteiger partial charge on any atom is -0.494 e. The molecule has 9 heteroatoms. The van der Waals surface area contributed by atoms with Gasteiger partial charge >= 0.3 is 0 Å². The van der Waals surface area contributed by atoms with Crippen LogP contribution in [0.3, 0.4) is 0 Å². The van der Waals surface area contributed by atoms with Crippen molar-refractivity contribution in [2.24, 2.45) is 0 Å². The molecule has 0 aliphatic carbocycles. The van der Waals surface area contributed by atoms with Gasteiger partial charge in [-0.25, -0.2) is 4.39 Å². The summed E-state index contributed by atoms with van der Waals surface area (Å²) in [4.78, 5) is 18.5. The summed E-state index contributed by atoms with van der Waals surface area (Å²) in [7, 11) is 2.95. The van der Waals surface area contributed by atoms with Crippen LogP contribution in [-0.4, -0.2) is 43.4 Å². The number of hydrogen-bond acceptors (Lipinski definition) is 7. The van der Waals surface area contributed by atoms with Gasteiger partial charge in [0, 0.05) is 30.3 Å². The fourth-order valence-corrected chi connectivity index (χ4v) is 3.55. The average molecular weight is 427 g/mol. The molecule has 162 valence electrons. The first-order valence-electron chi connectivity index (χ1n) is 9.82. The van der Waals surface area contributed by atoms with Crippen LogP contribution in [-0.2, 0) is 4.79 Å². The lowest BCUT2D eigenvalue weighted by atomic mass is 10.1. The number of hydrogen-bond donors (Lipinski definition) is 0. The molecule has 3 aromatic rings. The van der Waals surface area contributed by atoms with Crippen molar-refractivity contribution >= 4 is 11.6 Å². The number of ether oxygens (including phenoxy) is 3. The Hall–Kier alpha value is -3.62. The number of anilines is 1. The van der Waals surface area contributed by atoms with Gasteiger partial charge in [-0.15, -0.1) is 0 Å². The molecule has 1 atom stereocenters. The van der Waals surface area contributed by atoms with Crippen molar-refractivity contribution in [3.63, 3.8) is 0 Å². The van der Waals surface area contributed by atoms with Crippen molar-refractivity contribution in [2.45, 2.75) is 19.3 Å². The van der Waals surface area contributed by atoms with Crippen molar-refractivity contribution in [3.8, 4) is 28.6 Å². The highest BCUT2D eigenvalue weighted by Crippen LogP contribution is 2.35. The summed E-state index contributed by atoms with van der Waals surface area (Å²) in [5.74, 6) is 1.10. The van der Waals surface area contributed by atoms with Crippen LogP contribution in [0.25, 0.3) is 11.4 Å². The number of amides is 1. The first kappa shape index (κ1) is 20.6. The van der Waals surface area contributed by atoms with Crippen molar-refractivity contribution < 1.29 is 27.9 Å². The number of methoxy groups -OCH3 is 2. The van der Waals surface area contributed by atoms with Gasteiger partial charge < -0.3 is 23.6 Å². The molecule has 0 spiro atoms. The molecule has 1 aliphatic heterocycles. The normalized spacial score (nSPS) is 15.9. The summed E-state index contributed by atoms with van der Waals surface area (Å²) in [5, 5.41) is 4.05. The molecule has 2 aromatic carbocycles. The molecule has 8 nitrogen and oxygen atoms in total. The molecule has 1 amide bonds. The van der Waals surface area contributed by atoms with Crippen molar-refractivity contribution in [1.82, 2.24) is 10.1 Å². The summed E-state index contributed by atoms with van der Waals surface area (Å²) in [6.45, 7) is 2.73. The van der Waals surface area contributed by atoms with Crippen molar-refractivity contribution in [1.29, 1.82) is 0 Å². The number of carbonyl (C=O) groups is 1. The van der Waals surface area contributed by atoms with Crippen LogP contribution in [0.1, 0.15) is 25.2 Å². The zero-order chi connectivity index (χ0) is 22.0. The molecule has 1 unspecified atom stereocenters. The third-order valence-electron chi connectivity index (χ3n) is 5.08. The summed E-state index contributed by atoms with van der Waals surface area (Å²) >= 11 is 0. The van der Waals surface area contributed by atoms with E-state index in [0.29, 0.717) is 47.6 Å². The number of aromatic nitrogens is 2. The van der Waals surface area contributed by atoms with Gasteiger partial charge in [0.15, 0.2) is 23.1 Å². The zero-order valence-electron chi connectivity index (χ0n) is 17.4. The third kappa shape index (κ3) is 4.03. The molecular formula is C22H22FN3O5. The van der Waals surface area contributed by atoms with Crippen molar-refractivity contribution in [3.05, 3.63) is 48.1 Å². The molecule has 1 aliphatic rings. The van der Waals surface area contributed by atoms with E-state index < -0.39 is 5.82 Å². The van der Waals surface area contributed by atoms with Gasteiger partial charge in [-0.05, 0) is 37.3 Å². The van der Waals surface area contributed by atoms with Crippen molar-refractivity contribution in [2.75, 3.05) is 32.3 Å². The topological polar surface area (TPSA) is 86.9 Å². The summed E-state index contributed by atoms with van der Waals surface area (Å²) in [6, 6.07) is 9.79. The van der Waals surface area contributed by atoms with Crippen LogP contribution in [0.15, 0.2) is 40.9 Å². The van der Waals surface area contributed by atoms with E-state index in [0.717, 1.165) is 0 Å². The highest BCUT2D eigenvalue weighted by atomic mass is 19.1. The number of halogens is 1. The SMILES string of the molecule is CCOc1ccc(-c2noc(C3CC(=O)N(c4ccc(OC)c(F)c4)C3)n2)cc1OC. The Morgan fingerprint density at radius 3 is 2.61 bits per heavy atom. The standard InChI is InChI=1S/C22H22FN3O5/c1-4-30-18-7-5-13(9-19(18)29-3)21-24-22(31-25-21)14-10-20(27)26(12-14)15-6-8-17(28-2)16(23)11-15/h5-9,11,14H,4,10,12H2,1-3H3. The van der Waals surface area contributed by atoms with Crippen LogP contribution in [0.5, 0.6) is 17.2 Å². The highest BCUT2D eigenvalue weighted by molar-refractivity contribution is 5.96. The van der Waals surface area contributed by atoms with Gasteiger partial charge in [-0.2, -0.15) is 4.98 Å². The van der Waals surface area contributed by atoms with Gasteiger partial charge in [0.25, 0.3) is 0 Å². The quantitative estimate of drug-likeness (QED) is 0.567. The maximum Gasteiger partial charge on any atom is 0.232 e. The first-order chi connectivity index (χ1) is 15.0. The lowest BCUT2D eigenvalue weighted by Gasteiger charge is -2.16. The van der Waals surface area contributed by atoms with E-state index in [2.05, 4.69) is 10.1 Å². The lowest BCUT2D eigenvalue weighted by molar-refractivity contribution is -0.117. The van der Waals surface area contributed by atoms with E-state index >= 15 is 0 Å². The Kier molecular flexibility index (Phi) is 5.75. The smallest absolute Gasteiger partial charge is 0.232 e.